The SMILES string of the molecule is COc1ccc(CSc2nc3ccncc3n2CC(=O)Nc2ccc(F)c(Cl)c2)cc1. The Morgan fingerprint density at radius 3 is 2.77 bits per heavy atom. The van der Waals surface area contributed by atoms with Crippen molar-refractivity contribution in [2.24, 2.45) is 0 Å². The van der Waals surface area contributed by atoms with Crippen LogP contribution in [0, 0.1) is 5.82 Å². The molecule has 0 unspecified atom stereocenters. The highest BCUT2D eigenvalue weighted by atomic mass is 35.5. The van der Waals surface area contributed by atoms with Crippen LogP contribution in [-0.4, -0.2) is 27.6 Å². The van der Waals surface area contributed by atoms with Gasteiger partial charge < -0.3 is 14.6 Å². The number of amides is 1. The van der Waals surface area contributed by atoms with E-state index in [1.807, 2.05) is 28.8 Å². The molecule has 4 rings (SSSR count). The standard InChI is InChI=1S/C22H18ClFN4O2S/c1-30-16-5-2-14(3-6-16)13-31-22-27-19-8-9-25-11-20(19)28(22)12-21(29)26-15-4-7-18(24)17(23)10-15/h2-11H,12-13H2,1H3,(H,26,29). The van der Waals surface area contributed by atoms with E-state index in [4.69, 9.17) is 16.3 Å². The summed E-state index contributed by atoms with van der Waals surface area (Å²) in [4.78, 5) is 21.5. The summed E-state index contributed by atoms with van der Waals surface area (Å²) in [6, 6.07) is 13.7. The summed E-state index contributed by atoms with van der Waals surface area (Å²) in [5.74, 6) is 0.654. The molecule has 0 saturated carbocycles. The first-order valence-electron chi connectivity index (χ1n) is 9.34. The Bertz CT molecular complexity index is 1230. The van der Waals surface area contributed by atoms with E-state index in [2.05, 4.69) is 15.3 Å². The van der Waals surface area contributed by atoms with Crippen LogP contribution in [-0.2, 0) is 17.1 Å². The lowest BCUT2D eigenvalue weighted by Gasteiger charge is -2.10. The maximum Gasteiger partial charge on any atom is 0.244 e. The fourth-order valence-corrected chi connectivity index (χ4v) is 4.15. The number of halogens is 2. The van der Waals surface area contributed by atoms with Gasteiger partial charge in [0.2, 0.25) is 5.91 Å². The van der Waals surface area contributed by atoms with Crippen molar-refractivity contribution in [3.8, 4) is 5.75 Å². The third kappa shape index (κ3) is 4.98. The van der Waals surface area contributed by atoms with Gasteiger partial charge in [0.05, 0.1) is 29.4 Å². The molecule has 2 aromatic heterocycles. The molecule has 1 amide bonds. The fraction of sp³-hybridized carbons (Fsp3) is 0.136. The highest BCUT2D eigenvalue weighted by molar-refractivity contribution is 7.98. The Morgan fingerprint density at radius 2 is 2.03 bits per heavy atom. The minimum atomic E-state index is -0.538. The van der Waals surface area contributed by atoms with Gasteiger partial charge in [-0.15, -0.1) is 0 Å². The van der Waals surface area contributed by atoms with Crippen molar-refractivity contribution in [3.63, 3.8) is 0 Å². The van der Waals surface area contributed by atoms with Crippen molar-refractivity contribution in [2.45, 2.75) is 17.5 Å². The average molecular weight is 457 g/mol. The Morgan fingerprint density at radius 1 is 1.23 bits per heavy atom. The van der Waals surface area contributed by atoms with Crippen molar-refractivity contribution in [1.29, 1.82) is 0 Å². The number of rotatable bonds is 7. The van der Waals surface area contributed by atoms with Gasteiger partial charge in [-0.05, 0) is 42.0 Å². The number of benzene rings is 2. The second kappa shape index (κ2) is 9.36. The van der Waals surface area contributed by atoms with E-state index in [0.29, 0.717) is 16.6 Å². The molecule has 2 heterocycles. The minimum Gasteiger partial charge on any atom is -0.497 e. The quantitative estimate of drug-likeness (QED) is 0.389. The molecule has 0 aliphatic carbocycles. The summed E-state index contributed by atoms with van der Waals surface area (Å²) in [6.45, 7) is 0.0299. The van der Waals surface area contributed by atoms with Crippen LogP contribution < -0.4 is 10.1 Å². The number of ether oxygens (including phenoxy) is 1. The predicted molar refractivity (Wildman–Crippen MR) is 120 cm³/mol. The maximum absolute atomic E-state index is 13.4. The van der Waals surface area contributed by atoms with Crippen LogP contribution in [0.1, 0.15) is 5.56 Å². The number of fused-ring (bicyclic) bond motifs is 1. The Labute approximate surface area is 187 Å². The number of carbonyl (C=O) groups excluding carboxylic acids is 1. The molecular weight excluding hydrogens is 439 g/mol. The molecule has 2 aromatic carbocycles. The Kier molecular flexibility index (Phi) is 6.39. The molecule has 4 aromatic rings. The molecule has 0 saturated heterocycles. The van der Waals surface area contributed by atoms with Crippen molar-refractivity contribution in [3.05, 3.63) is 77.3 Å². The van der Waals surface area contributed by atoms with Gasteiger partial charge in [0.15, 0.2) is 5.16 Å². The van der Waals surface area contributed by atoms with Crippen LogP contribution >= 0.6 is 23.4 Å². The minimum absolute atomic E-state index is 0.0299. The number of hydrogen-bond acceptors (Lipinski definition) is 5. The van der Waals surface area contributed by atoms with Gasteiger partial charge in [0.25, 0.3) is 0 Å². The molecule has 0 atom stereocenters. The van der Waals surface area contributed by atoms with Gasteiger partial charge in [-0.3, -0.25) is 9.78 Å². The Hall–Kier alpha value is -3.10. The number of nitrogens with zero attached hydrogens (tertiary/aromatic N) is 3. The normalized spacial score (nSPS) is 10.9. The number of aromatic nitrogens is 3. The molecule has 0 bridgehead atoms. The zero-order chi connectivity index (χ0) is 21.8. The van der Waals surface area contributed by atoms with Gasteiger partial charge in [-0.1, -0.05) is 35.5 Å². The third-order valence-corrected chi connectivity index (χ3v) is 5.88. The lowest BCUT2D eigenvalue weighted by atomic mass is 10.2. The molecule has 0 spiro atoms. The van der Waals surface area contributed by atoms with Crippen molar-refractivity contribution in [2.75, 3.05) is 12.4 Å². The topological polar surface area (TPSA) is 69.0 Å². The number of nitrogens with one attached hydrogen (secondary N) is 1. The molecule has 6 nitrogen and oxygen atoms in total. The van der Waals surface area contributed by atoms with Gasteiger partial charge in [-0.2, -0.15) is 0 Å². The molecule has 158 valence electrons. The van der Waals surface area contributed by atoms with E-state index < -0.39 is 5.82 Å². The molecule has 0 aliphatic rings. The van der Waals surface area contributed by atoms with E-state index in [1.165, 1.54) is 30.0 Å². The number of thioether (sulfide) groups is 1. The summed E-state index contributed by atoms with van der Waals surface area (Å²) in [5.41, 5.74) is 3.04. The molecule has 1 N–H and O–H groups in total. The first-order valence-corrected chi connectivity index (χ1v) is 10.7. The van der Waals surface area contributed by atoms with Crippen LogP contribution in [0.25, 0.3) is 11.0 Å². The number of anilines is 1. The lowest BCUT2D eigenvalue weighted by Crippen LogP contribution is -2.19. The molecule has 31 heavy (non-hydrogen) atoms. The highest BCUT2D eigenvalue weighted by Gasteiger charge is 2.15. The first kappa shape index (κ1) is 21.1. The number of pyridine rings is 1. The zero-order valence-electron chi connectivity index (χ0n) is 16.5. The van der Waals surface area contributed by atoms with E-state index in [9.17, 15) is 9.18 Å². The predicted octanol–water partition coefficient (Wildman–Crippen LogP) is 5.16. The molecule has 9 heteroatoms. The average Bonchev–Trinajstić information content (AvgIpc) is 3.12. The third-order valence-electron chi connectivity index (χ3n) is 4.55. The van der Waals surface area contributed by atoms with Gasteiger partial charge >= 0.3 is 0 Å². The van der Waals surface area contributed by atoms with Crippen molar-refractivity contribution >= 4 is 46.0 Å². The first-order chi connectivity index (χ1) is 15.0. The highest BCUT2D eigenvalue weighted by Crippen LogP contribution is 2.27. The summed E-state index contributed by atoms with van der Waals surface area (Å²) < 4.78 is 20.4. The van der Waals surface area contributed by atoms with Crippen LogP contribution in [0.15, 0.2) is 66.1 Å². The number of imidazole rings is 1. The summed E-state index contributed by atoms with van der Waals surface area (Å²) in [7, 11) is 1.63. The second-order valence-corrected chi connectivity index (χ2v) is 8.01. The van der Waals surface area contributed by atoms with E-state index >= 15 is 0 Å². The number of methoxy groups -OCH3 is 1. The Balaban J connectivity index is 1.53. The summed E-state index contributed by atoms with van der Waals surface area (Å²) in [6.07, 6.45) is 3.35. The largest absolute Gasteiger partial charge is 0.497 e. The monoisotopic (exact) mass is 456 g/mol. The summed E-state index contributed by atoms with van der Waals surface area (Å²) >= 11 is 7.33. The smallest absolute Gasteiger partial charge is 0.244 e. The van der Waals surface area contributed by atoms with Gasteiger partial charge in [0.1, 0.15) is 18.1 Å². The maximum atomic E-state index is 13.4. The molecule has 0 fully saturated rings. The van der Waals surface area contributed by atoms with Crippen molar-refractivity contribution < 1.29 is 13.9 Å². The van der Waals surface area contributed by atoms with Crippen LogP contribution in [0.3, 0.4) is 0 Å². The summed E-state index contributed by atoms with van der Waals surface area (Å²) in [5, 5.41) is 3.39. The van der Waals surface area contributed by atoms with E-state index in [1.54, 1.807) is 25.6 Å². The zero-order valence-corrected chi connectivity index (χ0v) is 18.1. The number of hydrogen-bond donors (Lipinski definition) is 1. The van der Waals surface area contributed by atoms with E-state index in [0.717, 1.165) is 22.3 Å². The second-order valence-electron chi connectivity index (χ2n) is 6.66. The van der Waals surface area contributed by atoms with Gasteiger partial charge in [-0.25, -0.2) is 9.37 Å². The fourth-order valence-electron chi connectivity index (χ4n) is 3.00. The van der Waals surface area contributed by atoms with Crippen molar-refractivity contribution in [1.82, 2.24) is 14.5 Å². The van der Waals surface area contributed by atoms with Crippen LogP contribution in [0.2, 0.25) is 5.02 Å². The van der Waals surface area contributed by atoms with Crippen LogP contribution in [0.5, 0.6) is 5.75 Å². The molecular formula is C22H18ClFN4O2S. The van der Waals surface area contributed by atoms with Crippen LogP contribution in [0.4, 0.5) is 10.1 Å². The van der Waals surface area contributed by atoms with E-state index in [-0.39, 0.29) is 17.5 Å². The molecule has 0 aliphatic heterocycles. The molecule has 0 radical (unpaired) electrons. The van der Waals surface area contributed by atoms with Gasteiger partial charge in [0, 0.05) is 17.6 Å². The number of carbonyl (C=O) groups is 1. The lowest BCUT2D eigenvalue weighted by molar-refractivity contribution is -0.116.